The first-order valence-corrected chi connectivity index (χ1v) is 8.78. The molecule has 9 heteroatoms. The maximum atomic E-state index is 12.3. The van der Waals surface area contributed by atoms with Crippen LogP contribution < -0.4 is 4.72 Å². The van der Waals surface area contributed by atoms with Crippen LogP contribution in [-0.4, -0.2) is 18.4 Å². The van der Waals surface area contributed by atoms with Crippen LogP contribution in [0.15, 0.2) is 28.7 Å². The Morgan fingerprint density at radius 3 is 2.70 bits per heavy atom. The summed E-state index contributed by atoms with van der Waals surface area (Å²) in [6.45, 7) is 1.88. The Bertz CT molecular complexity index is 690. The van der Waals surface area contributed by atoms with Crippen molar-refractivity contribution in [3.05, 3.63) is 39.0 Å². The highest BCUT2D eigenvalue weighted by Crippen LogP contribution is 2.25. The highest BCUT2D eigenvalue weighted by atomic mass is 35.5. The summed E-state index contributed by atoms with van der Waals surface area (Å²) >= 11 is 12.9. The zero-order chi connectivity index (χ0) is 14.8. The van der Waals surface area contributed by atoms with E-state index >= 15 is 0 Å². The van der Waals surface area contributed by atoms with Gasteiger partial charge in [-0.1, -0.05) is 30.1 Å². The van der Waals surface area contributed by atoms with Crippen LogP contribution >= 0.6 is 34.5 Å². The van der Waals surface area contributed by atoms with Crippen molar-refractivity contribution in [2.45, 2.75) is 24.3 Å². The van der Waals surface area contributed by atoms with E-state index in [1.807, 2.05) is 6.92 Å². The standard InChI is InChI=1S/C11H11Cl2N3O2S2/c1-2-9(11-14-3-4-19-11)16-20(17,18)7-5-8(12)10(13)15-6-7/h3-6,9,16H,2H2,1H3. The Balaban J connectivity index is 2.28. The van der Waals surface area contributed by atoms with E-state index in [1.54, 1.807) is 11.6 Å². The quantitative estimate of drug-likeness (QED) is 0.839. The van der Waals surface area contributed by atoms with E-state index in [0.717, 1.165) is 0 Å². The van der Waals surface area contributed by atoms with Gasteiger partial charge < -0.3 is 0 Å². The lowest BCUT2D eigenvalue weighted by atomic mass is 10.3. The van der Waals surface area contributed by atoms with Crippen molar-refractivity contribution >= 4 is 44.6 Å². The molecular formula is C11H11Cl2N3O2S2. The van der Waals surface area contributed by atoms with Crippen molar-refractivity contribution in [2.24, 2.45) is 0 Å². The molecule has 0 aliphatic heterocycles. The molecule has 0 fully saturated rings. The Labute approximate surface area is 131 Å². The number of nitrogens with one attached hydrogen (secondary N) is 1. The smallest absolute Gasteiger partial charge is 0.242 e. The number of aromatic nitrogens is 2. The zero-order valence-corrected chi connectivity index (χ0v) is 13.5. The van der Waals surface area contributed by atoms with Crippen molar-refractivity contribution in [1.29, 1.82) is 0 Å². The third-order valence-electron chi connectivity index (χ3n) is 2.54. The minimum atomic E-state index is -3.73. The minimum absolute atomic E-state index is 0.0260. The van der Waals surface area contributed by atoms with Gasteiger partial charge in [-0.2, -0.15) is 0 Å². The molecule has 0 saturated heterocycles. The first kappa shape index (κ1) is 15.7. The number of halogens is 2. The number of pyridine rings is 1. The number of hydrogen-bond acceptors (Lipinski definition) is 5. The highest BCUT2D eigenvalue weighted by molar-refractivity contribution is 7.89. The predicted octanol–water partition coefficient (Wildman–Crippen LogP) is 3.27. The van der Waals surface area contributed by atoms with Gasteiger partial charge in [0.25, 0.3) is 0 Å². The fourth-order valence-corrected chi connectivity index (χ4v) is 3.96. The number of hydrogen-bond donors (Lipinski definition) is 1. The van der Waals surface area contributed by atoms with Crippen LogP contribution in [0.1, 0.15) is 24.4 Å². The molecule has 0 amide bonds. The molecule has 0 radical (unpaired) electrons. The molecule has 0 aliphatic carbocycles. The summed E-state index contributed by atoms with van der Waals surface area (Å²) < 4.78 is 27.2. The number of thiazole rings is 1. The van der Waals surface area contributed by atoms with Gasteiger partial charge in [0.2, 0.25) is 10.0 Å². The average molecular weight is 352 g/mol. The lowest BCUT2D eigenvalue weighted by Crippen LogP contribution is -2.28. The fourth-order valence-electron chi connectivity index (χ4n) is 1.52. The highest BCUT2D eigenvalue weighted by Gasteiger charge is 2.22. The van der Waals surface area contributed by atoms with Gasteiger partial charge in [0.05, 0.1) is 11.1 Å². The fraction of sp³-hybridized carbons (Fsp3) is 0.273. The molecule has 2 aromatic heterocycles. The molecule has 20 heavy (non-hydrogen) atoms. The van der Waals surface area contributed by atoms with E-state index in [0.29, 0.717) is 11.4 Å². The maximum Gasteiger partial charge on any atom is 0.242 e. The van der Waals surface area contributed by atoms with Gasteiger partial charge in [-0.25, -0.2) is 23.1 Å². The molecule has 0 aliphatic rings. The average Bonchev–Trinajstić information content (AvgIpc) is 2.93. The molecule has 0 bridgehead atoms. The van der Waals surface area contributed by atoms with E-state index < -0.39 is 10.0 Å². The topological polar surface area (TPSA) is 72.0 Å². The Hall–Kier alpha value is -0.730. The second kappa shape index (κ2) is 6.36. The molecule has 5 nitrogen and oxygen atoms in total. The summed E-state index contributed by atoms with van der Waals surface area (Å²) in [4.78, 5) is 7.84. The van der Waals surface area contributed by atoms with E-state index in [2.05, 4.69) is 14.7 Å². The van der Waals surface area contributed by atoms with Crippen LogP contribution in [-0.2, 0) is 10.0 Å². The number of sulfonamides is 1. The van der Waals surface area contributed by atoms with E-state index in [9.17, 15) is 8.42 Å². The molecule has 1 atom stereocenters. The Kier molecular flexibility index (Phi) is 4.98. The predicted molar refractivity (Wildman–Crippen MR) is 79.7 cm³/mol. The van der Waals surface area contributed by atoms with Crippen molar-refractivity contribution in [3.63, 3.8) is 0 Å². The van der Waals surface area contributed by atoms with Crippen molar-refractivity contribution in [2.75, 3.05) is 0 Å². The first-order valence-electron chi connectivity index (χ1n) is 5.67. The van der Waals surface area contributed by atoms with E-state index in [1.165, 1.54) is 23.6 Å². The third kappa shape index (κ3) is 3.48. The summed E-state index contributed by atoms with van der Waals surface area (Å²) in [5, 5.41) is 2.67. The van der Waals surface area contributed by atoms with E-state index in [4.69, 9.17) is 23.2 Å². The summed E-state index contributed by atoms with van der Waals surface area (Å²) in [6, 6.07) is 0.891. The van der Waals surface area contributed by atoms with Crippen LogP contribution in [0.25, 0.3) is 0 Å². The molecule has 1 N–H and O–H groups in total. The Morgan fingerprint density at radius 1 is 1.40 bits per heavy atom. The molecule has 0 saturated carbocycles. The lowest BCUT2D eigenvalue weighted by molar-refractivity contribution is 0.548. The summed E-state index contributed by atoms with van der Waals surface area (Å²) in [5.41, 5.74) is 0. The number of rotatable bonds is 5. The largest absolute Gasteiger partial charge is 0.248 e. The van der Waals surface area contributed by atoms with Gasteiger partial charge in [0.1, 0.15) is 15.1 Å². The van der Waals surface area contributed by atoms with Crippen LogP contribution in [0.5, 0.6) is 0 Å². The van der Waals surface area contributed by atoms with Crippen LogP contribution in [0.3, 0.4) is 0 Å². The van der Waals surface area contributed by atoms with Crippen LogP contribution in [0, 0.1) is 0 Å². The normalized spacial score (nSPS) is 13.3. The number of nitrogens with zero attached hydrogens (tertiary/aromatic N) is 2. The van der Waals surface area contributed by atoms with Gasteiger partial charge in [-0.3, -0.25) is 0 Å². The summed E-state index contributed by atoms with van der Waals surface area (Å²) in [7, 11) is -3.73. The monoisotopic (exact) mass is 351 g/mol. The molecule has 2 heterocycles. The molecule has 0 aromatic carbocycles. The summed E-state index contributed by atoms with van der Waals surface area (Å²) in [5.74, 6) is 0. The molecular weight excluding hydrogens is 341 g/mol. The summed E-state index contributed by atoms with van der Waals surface area (Å²) in [6.07, 6.45) is 3.39. The van der Waals surface area contributed by atoms with Gasteiger partial charge >= 0.3 is 0 Å². The second-order valence-electron chi connectivity index (χ2n) is 3.90. The molecule has 108 valence electrons. The van der Waals surface area contributed by atoms with Crippen molar-refractivity contribution in [1.82, 2.24) is 14.7 Å². The lowest BCUT2D eigenvalue weighted by Gasteiger charge is -2.14. The molecule has 1 unspecified atom stereocenters. The van der Waals surface area contributed by atoms with E-state index in [-0.39, 0.29) is 21.1 Å². The third-order valence-corrected chi connectivity index (χ3v) is 5.55. The SMILES string of the molecule is CCC(NS(=O)(=O)c1cnc(Cl)c(Cl)c1)c1nccs1. The molecule has 2 rings (SSSR count). The maximum absolute atomic E-state index is 12.3. The van der Waals surface area contributed by atoms with Gasteiger partial charge in [-0.05, 0) is 12.5 Å². The zero-order valence-electron chi connectivity index (χ0n) is 10.4. The second-order valence-corrected chi connectivity index (χ2v) is 7.30. The molecule has 0 spiro atoms. The minimum Gasteiger partial charge on any atom is -0.248 e. The molecule has 2 aromatic rings. The first-order chi connectivity index (χ1) is 9.44. The van der Waals surface area contributed by atoms with Crippen LogP contribution in [0.4, 0.5) is 0 Å². The van der Waals surface area contributed by atoms with Crippen molar-refractivity contribution in [3.8, 4) is 0 Å². The van der Waals surface area contributed by atoms with Crippen LogP contribution in [0.2, 0.25) is 10.2 Å². The Morgan fingerprint density at radius 2 is 2.15 bits per heavy atom. The van der Waals surface area contributed by atoms with Gasteiger partial charge in [-0.15, -0.1) is 11.3 Å². The van der Waals surface area contributed by atoms with Crippen molar-refractivity contribution < 1.29 is 8.42 Å². The van der Waals surface area contributed by atoms with Gasteiger partial charge in [0.15, 0.2) is 0 Å². The van der Waals surface area contributed by atoms with Gasteiger partial charge in [0, 0.05) is 17.8 Å².